The molecule has 138 valence electrons. The molecule has 5 nitrogen and oxygen atoms in total. The highest BCUT2D eigenvalue weighted by Gasteiger charge is 2.26. The molecule has 1 aromatic heterocycles. The van der Waals surface area contributed by atoms with Crippen LogP contribution in [0.5, 0.6) is 0 Å². The van der Waals surface area contributed by atoms with E-state index in [1.54, 1.807) is 18.6 Å². The van der Waals surface area contributed by atoms with Gasteiger partial charge in [0.15, 0.2) is 0 Å². The normalized spacial score (nSPS) is 17.1. The highest BCUT2D eigenvalue weighted by molar-refractivity contribution is 5.93. The summed E-state index contributed by atoms with van der Waals surface area (Å²) in [6, 6.07) is 8.28. The first-order valence-electron chi connectivity index (χ1n) is 9.67. The van der Waals surface area contributed by atoms with Crippen LogP contribution in [0.4, 0.5) is 11.5 Å². The Morgan fingerprint density at radius 3 is 2.81 bits per heavy atom. The zero-order chi connectivity index (χ0) is 18.2. The van der Waals surface area contributed by atoms with Gasteiger partial charge in [0.1, 0.15) is 5.82 Å². The number of carbonyl (C=O) groups is 1. The summed E-state index contributed by atoms with van der Waals surface area (Å²) in [6.07, 6.45) is 11.9. The molecule has 2 aromatic rings. The Kier molecular flexibility index (Phi) is 6.58. The molecule has 1 aromatic carbocycles. The Labute approximate surface area is 155 Å². The number of aromatic nitrogens is 2. The van der Waals surface area contributed by atoms with Crippen LogP contribution in [0.1, 0.15) is 44.6 Å². The number of nitrogens with zero attached hydrogens (tertiary/aromatic N) is 3. The second-order valence-electron chi connectivity index (χ2n) is 6.99. The van der Waals surface area contributed by atoms with Crippen molar-refractivity contribution in [3.05, 3.63) is 48.4 Å². The highest BCUT2D eigenvalue weighted by Crippen LogP contribution is 2.22. The molecule has 0 bridgehead atoms. The topological polar surface area (TPSA) is 58.1 Å². The van der Waals surface area contributed by atoms with Gasteiger partial charge in [0.05, 0.1) is 12.1 Å². The van der Waals surface area contributed by atoms with Crippen molar-refractivity contribution in [1.82, 2.24) is 9.97 Å². The maximum atomic E-state index is 12.7. The smallest absolute Gasteiger partial charge is 0.229 e. The average molecular weight is 352 g/mol. The van der Waals surface area contributed by atoms with Gasteiger partial charge >= 0.3 is 0 Å². The molecule has 1 unspecified atom stereocenters. The molecule has 3 rings (SSSR count). The lowest BCUT2D eigenvalue weighted by Crippen LogP contribution is -2.41. The fraction of sp³-hybridized carbons (Fsp3) is 0.476. The summed E-state index contributed by atoms with van der Waals surface area (Å²) in [5, 5.41) is 3.08. The molecule has 1 atom stereocenters. The molecule has 1 aliphatic heterocycles. The molecule has 0 aliphatic carbocycles. The Hall–Kier alpha value is -2.43. The van der Waals surface area contributed by atoms with Crippen molar-refractivity contribution < 1.29 is 4.79 Å². The summed E-state index contributed by atoms with van der Waals surface area (Å²) in [6.45, 7) is 3.84. The molecule has 0 spiro atoms. The first kappa shape index (κ1) is 18.4. The van der Waals surface area contributed by atoms with Gasteiger partial charge in [-0.1, -0.05) is 31.9 Å². The third kappa shape index (κ3) is 5.04. The largest absolute Gasteiger partial charge is 0.355 e. The number of aryl methyl sites for hydroxylation is 1. The van der Waals surface area contributed by atoms with Crippen molar-refractivity contribution in [3.63, 3.8) is 0 Å². The van der Waals surface area contributed by atoms with Crippen molar-refractivity contribution in [3.8, 4) is 0 Å². The fourth-order valence-electron chi connectivity index (χ4n) is 3.43. The maximum Gasteiger partial charge on any atom is 0.229 e. The zero-order valence-electron chi connectivity index (χ0n) is 15.5. The average Bonchev–Trinajstić information content (AvgIpc) is 2.70. The van der Waals surface area contributed by atoms with Crippen LogP contribution in [0, 0.1) is 5.92 Å². The van der Waals surface area contributed by atoms with Crippen LogP contribution in [0.3, 0.4) is 0 Å². The molecular weight excluding hydrogens is 324 g/mol. The van der Waals surface area contributed by atoms with E-state index in [1.807, 2.05) is 12.1 Å². The van der Waals surface area contributed by atoms with Crippen LogP contribution in [0.2, 0.25) is 0 Å². The van der Waals surface area contributed by atoms with E-state index in [-0.39, 0.29) is 11.8 Å². The van der Waals surface area contributed by atoms with Crippen molar-refractivity contribution in [1.29, 1.82) is 0 Å². The maximum absolute atomic E-state index is 12.7. The minimum atomic E-state index is -0.0185. The number of carbonyl (C=O) groups excluding carboxylic acids is 1. The third-order valence-corrected chi connectivity index (χ3v) is 4.96. The van der Waals surface area contributed by atoms with E-state index in [9.17, 15) is 4.79 Å². The molecule has 1 N–H and O–H groups in total. The summed E-state index contributed by atoms with van der Waals surface area (Å²) in [7, 11) is 0. The minimum absolute atomic E-state index is 0.0185. The Bertz CT molecular complexity index is 687. The van der Waals surface area contributed by atoms with Crippen LogP contribution in [0.15, 0.2) is 42.9 Å². The predicted molar refractivity (Wildman–Crippen MR) is 105 cm³/mol. The predicted octanol–water partition coefficient (Wildman–Crippen LogP) is 4.06. The number of unbranched alkanes of at least 4 members (excludes halogenated alkanes) is 2. The SMILES string of the molecule is CCCCCc1ccc(NC(=O)C2CCCN(c3cnccn3)C2)cc1. The van der Waals surface area contributed by atoms with Crippen LogP contribution in [-0.2, 0) is 11.2 Å². The van der Waals surface area contributed by atoms with Crippen LogP contribution < -0.4 is 10.2 Å². The first-order chi connectivity index (χ1) is 12.8. The lowest BCUT2D eigenvalue weighted by Gasteiger charge is -2.32. The summed E-state index contributed by atoms with van der Waals surface area (Å²) >= 11 is 0. The van der Waals surface area contributed by atoms with Gasteiger partial charge in [-0.05, 0) is 43.4 Å². The van der Waals surface area contributed by atoms with Crippen molar-refractivity contribution >= 4 is 17.4 Å². The van der Waals surface area contributed by atoms with E-state index in [1.165, 1.54) is 24.8 Å². The monoisotopic (exact) mass is 352 g/mol. The standard InChI is InChI=1S/C21H28N4O/c1-2-3-4-6-17-8-10-19(11-9-17)24-21(26)18-7-5-14-25(16-18)20-15-22-12-13-23-20/h8-13,15,18H,2-7,14,16H2,1H3,(H,24,26). The van der Waals surface area contributed by atoms with E-state index in [4.69, 9.17) is 0 Å². The van der Waals surface area contributed by atoms with Gasteiger partial charge in [-0.15, -0.1) is 0 Å². The number of rotatable bonds is 7. The number of hydrogen-bond donors (Lipinski definition) is 1. The summed E-state index contributed by atoms with van der Waals surface area (Å²) in [5.41, 5.74) is 2.22. The van der Waals surface area contributed by atoms with Gasteiger partial charge in [0.2, 0.25) is 5.91 Å². The van der Waals surface area contributed by atoms with Crippen LogP contribution in [-0.4, -0.2) is 29.0 Å². The summed E-state index contributed by atoms with van der Waals surface area (Å²) < 4.78 is 0. The Balaban J connectivity index is 1.54. The van der Waals surface area contributed by atoms with Gasteiger partial charge in [-0.3, -0.25) is 9.78 Å². The minimum Gasteiger partial charge on any atom is -0.355 e. The summed E-state index contributed by atoms with van der Waals surface area (Å²) in [4.78, 5) is 23.3. The van der Waals surface area contributed by atoms with Crippen molar-refractivity contribution in [2.75, 3.05) is 23.3 Å². The molecule has 26 heavy (non-hydrogen) atoms. The molecule has 1 fully saturated rings. The summed E-state index contributed by atoms with van der Waals surface area (Å²) in [5.74, 6) is 0.925. The van der Waals surface area contributed by atoms with Crippen molar-refractivity contribution in [2.24, 2.45) is 5.92 Å². The lowest BCUT2D eigenvalue weighted by molar-refractivity contribution is -0.120. The van der Waals surface area contributed by atoms with Gasteiger partial charge in [0, 0.05) is 31.2 Å². The molecule has 1 aliphatic rings. The number of benzene rings is 1. The molecule has 1 saturated heterocycles. The zero-order valence-corrected chi connectivity index (χ0v) is 15.5. The van der Waals surface area contributed by atoms with Crippen molar-refractivity contribution in [2.45, 2.75) is 45.4 Å². The number of piperidine rings is 1. The quantitative estimate of drug-likeness (QED) is 0.763. The van der Waals surface area contributed by atoms with E-state index in [2.05, 4.69) is 39.2 Å². The van der Waals surface area contributed by atoms with Gasteiger partial charge in [-0.2, -0.15) is 0 Å². The van der Waals surface area contributed by atoms with E-state index >= 15 is 0 Å². The Morgan fingerprint density at radius 2 is 2.08 bits per heavy atom. The molecule has 1 amide bonds. The first-order valence-corrected chi connectivity index (χ1v) is 9.67. The molecule has 0 saturated carbocycles. The molecule has 2 heterocycles. The third-order valence-electron chi connectivity index (χ3n) is 4.96. The number of hydrogen-bond acceptors (Lipinski definition) is 4. The second kappa shape index (κ2) is 9.32. The fourth-order valence-corrected chi connectivity index (χ4v) is 3.43. The molecule has 5 heteroatoms. The van der Waals surface area contributed by atoms with Gasteiger partial charge in [-0.25, -0.2) is 4.98 Å². The van der Waals surface area contributed by atoms with Crippen LogP contribution >= 0.6 is 0 Å². The highest BCUT2D eigenvalue weighted by atomic mass is 16.1. The number of nitrogens with one attached hydrogen (secondary N) is 1. The van der Waals surface area contributed by atoms with E-state index in [0.29, 0.717) is 6.54 Å². The lowest BCUT2D eigenvalue weighted by atomic mass is 9.97. The van der Waals surface area contributed by atoms with E-state index < -0.39 is 0 Å². The molecule has 0 radical (unpaired) electrons. The second-order valence-corrected chi connectivity index (χ2v) is 6.99. The molecular formula is C21H28N4O. The van der Waals surface area contributed by atoms with Gasteiger partial charge in [0.25, 0.3) is 0 Å². The Morgan fingerprint density at radius 1 is 1.23 bits per heavy atom. The van der Waals surface area contributed by atoms with Gasteiger partial charge < -0.3 is 10.2 Å². The van der Waals surface area contributed by atoms with E-state index in [0.717, 1.165) is 37.3 Å². The number of anilines is 2. The number of amides is 1. The van der Waals surface area contributed by atoms with Crippen LogP contribution in [0.25, 0.3) is 0 Å².